The van der Waals surface area contributed by atoms with Crippen LogP contribution in [0, 0.1) is 0 Å². The number of hydrogen-bond acceptors (Lipinski definition) is 2. The molecule has 2 aliphatic rings. The van der Waals surface area contributed by atoms with Crippen molar-refractivity contribution < 1.29 is 9.53 Å². The molecule has 2 aromatic rings. The lowest BCUT2D eigenvalue weighted by atomic mass is 9.95. The summed E-state index contributed by atoms with van der Waals surface area (Å²) in [7, 11) is 0. The minimum absolute atomic E-state index is 0.00497. The van der Waals surface area contributed by atoms with Crippen molar-refractivity contribution in [2.24, 2.45) is 0 Å². The van der Waals surface area contributed by atoms with Gasteiger partial charge in [0.05, 0.1) is 0 Å². The number of rotatable bonds is 2. The number of para-hydroxylation sites is 1. The van der Waals surface area contributed by atoms with Gasteiger partial charge >= 0.3 is 0 Å². The summed E-state index contributed by atoms with van der Waals surface area (Å²) in [5.74, 6) is 1.30. The molecule has 2 heteroatoms. The van der Waals surface area contributed by atoms with Crippen LogP contribution in [0.2, 0.25) is 0 Å². The molecule has 0 N–H and O–H groups in total. The zero-order valence-corrected chi connectivity index (χ0v) is 11.2. The van der Waals surface area contributed by atoms with E-state index in [1.807, 2.05) is 66.7 Å². The van der Waals surface area contributed by atoms with Crippen molar-refractivity contribution >= 4 is 17.4 Å². The summed E-state index contributed by atoms with van der Waals surface area (Å²) in [6.45, 7) is 0. The first kappa shape index (κ1) is 11.9. The molecule has 0 saturated carbocycles. The number of hydrogen-bond donors (Lipinski definition) is 0. The molecule has 0 aromatic heterocycles. The van der Waals surface area contributed by atoms with E-state index in [1.54, 1.807) is 6.08 Å². The lowest BCUT2D eigenvalue weighted by Crippen LogP contribution is -2.08. The molecule has 0 fully saturated rings. The van der Waals surface area contributed by atoms with Crippen LogP contribution in [-0.2, 0) is 4.79 Å². The number of benzene rings is 2. The smallest absolute Gasteiger partial charge is 0.190 e. The second-order valence-corrected chi connectivity index (χ2v) is 5.03. The van der Waals surface area contributed by atoms with Crippen molar-refractivity contribution in [1.82, 2.24) is 0 Å². The summed E-state index contributed by atoms with van der Waals surface area (Å²) < 4.78 is 5.79. The maximum absolute atomic E-state index is 12.3. The van der Waals surface area contributed by atoms with Crippen LogP contribution in [0.1, 0.15) is 11.1 Å². The third-order valence-corrected chi connectivity index (χ3v) is 3.65. The number of ether oxygens (including phenoxy) is 1. The van der Waals surface area contributed by atoms with E-state index in [0.717, 1.165) is 28.0 Å². The Bertz CT molecular complexity index is 824. The summed E-state index contributed by atoms with van der Waals surface area (Å²) in [5.41, 5.74) is 3.87. The van der Waals surface area contributed by atoms with Crippen LogP contribution < -0.4 is 4.74 Å². The van der Waals surface area contributed by atoms with E-state index in [-0.39, 0.29) is 5.78 Å². The van der Waals surface area contributed by atoms with E-state index < -0.39 is 0 Å². The standard InChI is InChI=1S/C19H12O2/c20-19-12-15(21-14-7-2-1-3-8-14)11-17-16-9-5-4-6-13(16)10-18(17)19/h1-12H. The first-order valence-electron chi connectivity index (χ1n) is 6.83. The van der Waals surface area contributed by atoms with Crippen LogP contribution in [0.15, 0.2) is 78.1 Å². The first-order chi connectivity index (χ1) is 10.3. The second kappa shape index (κ2) is 4.60. The van der Waals surface area contributed by atoms with Gasteiger partial charge in [0.2, 0.25) is 0 Å². The largest absolute Gasteiger partial charge is 0.457 e. The fourth-order valence-corrected chi connectivity index (χ4v) is 2.68. The van der Waals surface area contributed by atoms with Gasteiger partial charge in [-0.1, -0.05) is 42.5 Å². The molecule has 0 radical (unpaired) electrons. The van der Waals surface area contributed by atoms with Crippen LogP contribution in [0.4, 0.5) is 0 Å². The molecule has 2 nitrogen and oxygen atoms in total. The van der Waals surface area contributed by atoms with Gasteiger partial charge in [0, 0.05) is 11.6 Å². The van der Waals surface area contributed by atoms with E-state index >= 15 is 0 Å². The Morgan fingerprint density at radius 1 is 0.714 bits per heavy atom. The molecule has 0 atom stereocenters. The van der Waals surface area contributed by atoms with Gasteiger partial charge in [0.15, 0.2) is 5.78 Å². The summed E-state index contributed by atoms with van der Waals surface area (Å²) in [4.78, 5) is 12.3. The van der Waals surface area contributed by atoms with Gasteiger partial charge in [-0.15, -0.1) is 0 Å². The molecule has 0 heterocycles. The number of fused-ring (bicyclic) bond motifs is 3. The SMILES string of the molecule is O=C1C=C(Oc2ccccc2)C=C2C1=Cc1ccccc12. The zero-order chi connectivity index (χ0) is 14.2. The summed E-state index contributed by atoms with van der Waals surface area (Å²) in [5, 5.41) is 0. The van der Waals surface area contributed by atoms with Gasteiger partial charge in [0.25, 0.3) is 0 Å². The van der Waals surface area contributed by atoms with E-state index in [4.69, 9.17) is 4.74 Å². The van der Waals surface area contributed by atoms with Crippen LogP contribution >= 0.6 is 0 Å². The van der Waals surface area contributed by atoms with Crippen molar-refractivity contribution in [2.75, 3.05) is 0 Å². The Morgan fingerprint density at radius 2 is 1.48 bits per heavy atom. The summed E-state index contributed by atoms with van der Waals surface area (Å²) in [6, 6.07) is 17.5. The predicted octanol–water partition coefficient (Wildman–Crippen LogP) is 4.01. The van der Waals surface area contributed by atoms with Gasteiger partial charge in [-0.25, -0.2) is 0 Å². The second-order valence-electron chi connectivity index (χ2n) is 5.03. The highest BCUT2D eigenvalue weighted by atomic mass is 16.5. The van der Waals surface area contributed by atoms with Crippen molar-refractivity contribution in [1.29, 1.82) is 0 Å². The quantitative estimate of drug-likeness (QED) is 0.825. The third kappa shape index (κ3) is 2.01. The number of ketones is 1. The molecule has 0 bridgehead atoms. The van der Waals surface area contributed by atoms with Crippen LogP contribution in [0.3, 0.4) is 0 Å². The van der Waals surface area contributed by atoms with Crippen LogP contribution in [0.5, 0.6) is 5.75 Å². The monoisotopic (exact) mass is 272 g/mol. The molecule has 0 aliphatic heterocycles. The predicted molar refractivity (Wildman–Crippen MR) is 82.6 cm³/mol. The van der Waals surface area contributed by atoms with Crippen molar-refractivity contribution in [3.63, 3.8) is 0 Å². The van der Waals surface area contributed by atoms with E-state index in [2.05, 4.69) is 0 Å². The Kier molecular flexibility index (Phi) is 2.61. The summed E-state index contributed by atoms with van der Waals surface area (Å²) >= 11 is 0. The molecule has 0 unspecified atom stereocenters. The Labute approximate surface area is 122 Å². The summed E-state index contributed by atoms with van der Waals surface area (Å²) in [6.07, 6.45) is 5.43. The van der Waals surface area contributed by atoms with E-state index in [9.17, 15) is 4.79 Å². The van der Waals surface area contributed by atoms with E-state index in [1.165, 1.54) is 0 Å². The fraction of sp³-hybridized carbons (Fsp3) is 0. The average Bonchev–Trinajstić information content (AvgIpc) is 2.88. The Hall–Kier alpha value is -2.87. The zero-order valence-electron chi connectivity index (χ0n) is 11.2. The third-order valence-electron chi connectivity index (χ3n) is 3.65. The highest BCUT2D eigenvalue weighted by Crippen LogP contribution is 2.39. The molecular formula is C19H12O2. The van der Waals surface area contributed by atoms with Gasteiger partial charge < -0.3 is 4.74 Å². The fourth-order valence-electron chi connectivity index (χ4n) is 2.68. The number of allylic oxidation sites excluding steroid dienone is 4. The highest BCUT2D eigenvalue weighted by molar-refractivity contribution is 6.23. The maximum atomic E-state index is 12.3. The highest BCUT2D eigenvalue weighted by Gasteiger charge is 2.26. The van der Waals surface area contributed by atoms with Crippen molar-refractivity contribution in [2.45, 2.75) is 0 Å². The molecule has 100 valence electrons. The molecule has 0 spiro atoms. The molecule has 2 aliphatic carbocycles. The lowest BCUT2D eigenvalue weighted by molar-refractivity contribution is -0.111. The normalized spacial score (nSPS) is 15.6. The van der Waals surface area contributed by atoms with Crippen molar-refractivity contribution in [3.05, 3.63) is 89.2 Å². The van der Waals surface area contributed by atoms with E-state index in [0.29, 0.717) is 5.76 Å². The van der Waals surface area contributed by atoms with Gasteiger partial charge in [-0.05, 0) is 41.0 Å². The van der Waals surface area contributed by atoms with Crippen LogP contribution in [0.25, 0.3) is 11.6 Å². The topological polar surface area (TPSA) is 26.3 Å². The van der Waals surface area contributed by atoms with Gasteiger partial charge in [-0.2, -0.15) is 0 Å². The number of carbonyl (C=O) groups excluding carboxylic acids is 1. The molecular weight excluding hydrogens is 260 g/mol. The molecule has 0 amide bonds. The molecule has 21 heavy (non-hydrogen) atoms. The Morgan fingerprint density at radius 3 is 2.33 bits per heavy atom. The molecule has 4 rings (SSSR count). The van der Waals surface area contributed by atoms with Crippen molar-refractivity contribution in [3.8, 4) is 5.75 Å². The maximum Gasteiger partial charge on any atom is 0.190 e. The Balaban J connectivity index is 1.74. The number of carbonyl (C=O) groups is 1. The lowest BCUT2D eigenvalue weighted by Gasteiger charge is -2.14. The minimum Gasteiger partial charge on any atom is -0.457 e. The first-order valence-corrected chi connectivity index (χ1v) is 6.83. The van der Waals surface area contributed by atoms with Gasteiger partial charge in [-0.3, -0.25) is 4.79 Å². The van der Waals surface area contributed by atoms with Gasteiger partial charge in [0.1, 0.15) is 11.5 Å². The average molecular weight is 272 g/mol. The minimum atomic E-state index is -0.00497. The molecule has 2 aromatic carbocycles. The molecule has 0 saturated heterocycles. The van der Waals surface area contributed by atoms with Crippen LogP contribution in [-0.4, -0.2) is 5.78 Å².